The van der Waals surface area contributed by atoms with Crippen LogP contribution in [0.3, 0.4) is 0 Å². The van der Waals surface area contributed by atoms with Crippen LogP contribution in [0.1, 0.15) is 71.6 Å². The predicted molar refractivity (Wildman–Crippen MR) is 82.3 cm³/mol. The van der Waals surface area contributed by atoms with Crippen LogP contribution in [0.5, 0.6) is 0 Å². The van der Waals surface area contributed by atoms with Gasteiger partial charge in [0, 0.05) is 0 Å². The highest BCUT2D eigenvalue weighted by molar-refractivity contribution is 4.90. The van der Waals surface area contributed by atoms with E-state index in [0.717, 1.165) is 24.4 Å². The van der Waals surface area contributed by atoms with Crippen molar-refractivity contribution >= 4 is 0 Å². The summed E-state index contributed by atoms with van der Waals surface area (Å²) in [6.45, 7) is 5.67. The van der Waals surface area contributed by atoms with Gasteiger partial charge in [0.15, 0.2) is 0 Å². The molecule has 19 heavy (non-hydrogen) atoms. The summed E-state index contributed by atoms with van der Waals surface area (Å²) < 4.78 is 6.13. The average molecular weight is 264 g/mol. The smallest absolute Gasteiger partial charge is 0.0578 e. The first-order valence-corrected chi connectivity index (χ1v) is 8.60. The number of allylic oxidation sites excluding steroid dienone is 2. The van der Waals surface area contributed by atoms with E-state index in [9.17, 15) is 0 Å². The van der Waals surface area contributed by atoms with E-state index in [1.165, 1.54) is 57.8 Å². The summed E-state index contributed by atoms with van der Waals surface area (Å²) in [6, 6.07) is 0. The summed E-state index contributed by atoms with van der Waals surface area (Å²) in [5.74, 6) is 2.69. The topological polar surface area (TPSA) is 9.23 Å². The number of ether oxygens (including phenoxy) is 1. The van der Waals surface area contributed by atoms with E-state index in [4.69, 9.17) is 4.74 Å². The van der Waals surface area contributed by atoms with Crippen molar-refractivity contribution in [1.82, 2.24) is 0 Å². The normalized spacial score (nSPS) is 35.5. The summed E-state index contributed by atoms with van der Waals surface area (Å²) in [7, 11) is 0. The Hall–Kier alpha value is -0.300. The Balaban J connectivity index is 1.73. The molecule has 0 aromatic heterocycles. The lowest BCUT2D eigenvalue weighted by Crippen LogP contribution is -2.33. The SMILES string of the molecule is CCCC1CC(CCC2CC=CCC2)OCC1CC. The molecular weight excluding hydrogens is 232 g/mol. The third kappa shape index (κ3) is 4.63. The van der Waals surface area contributed by atoms with Crippen LogP contribution in [0, 0.1) is 17.8 Å². The summed E-state index contributed by atoms with van der Waals surface area (Å²) in [5, 5.41) is 0. The Morgan fingerprint density at radius 1 is 1.05 bits per heavy atom. The first-order valence-electron chi connectivity index (χ1n) is 8.60. The van der Waals surface area contributed by atoms with Gasteiger partial charge in [0.1, 0.15) is 0 Å². The van der Waals surface area contributed by atoms with E-state index in [2.05, 4.69) is 26.0 Å². The largest absolute Gasteiger partial charge is 0.378 e. The molecular formula is C18H32O. The lowest BCUT2D eigenvalue weighted by atomic mass is 9.79. The highest BCUT2D eigenvalue weighted by Crippen LogP contribution is 2.34. The van der Waals surface area contributed by atoms with Gasteiger partial charge in [-0.3, -0.25) is 0 Å². The van der Waals surface area contributed by atoms with E-state index < -0.39 is 0 Å². The second-order valence-corrected chi connectivity index (χ2v) is 6.64. The van der Waals surface area contributed by atoms with Crippen LogP contribution >= 0.6 is 0 Å². The van der Waals surface area contributed by atoms with E-state index >= 15 is 0 Å². The molecule has 0 saturated carbocycles. The van der Waals surface area contributed by atoms with Crippen molar-refractivity contribution in [3.8, 4) is 0 Å². The van der Waals surface area contributed by atoms with Crippen LogP contribution < -0.4 is 0 Å². The van der Waals surface area contributed by atoms with Crippen molar-refractivity contribution in [2.24, 2.45) is 17.8 Å². The molecule has 1 heteroatoms. The quantitative estimate of drug-likeness (QED) is 0.587. The molecule has 0 N–H and O–H groups in total. The summed E-state index contributed by atoms with van der Waals surface area (Å²) in [6.07, 6.45) is 17.3. The third-order valence-corrected chi connectivity index (χ3v) is 5.24. The predicted octanol–water partition coefficient (Wildman–Crippen LogP) is 5.35. The van der Waals surface area contributed by atoms with Crippen LogP contribution in [0.4, 0.5) is 0 Å². The minimum atomic E-state index is 0.560. The van der Waals surface area contributed by atoms with Crippen LogP contribution in [0.15, 0.2) is 12.2 Å². The maximum atomic E-state index is 6.13. The first kappa shape index (κ1) is 15.1. The monoisotopic (exact) mass is 264 g/mol. The van der Waals surface area contributed by atoms with Crippen molar-refractivity contribution in [2.75, 3.05) is 6.61 Å². The highest BCUT2D eigenvalue weighted by atomic mass is 16.5. The molecule has 1 fully saturated rings. The third-order valence-electron chi connectivity index (χ3n) is 5.24. The van der Waals surface area contributed by atoms with Gasteiger partial charge in [-0.05, 0) is 56.3 Å². The molecule has 110 valence electrons. The first-order chi connectivity index (χ1) is 9.33. The lowest BCUT2D eigenvalue weighted by Gasteiger charge is -2.36. The zero-order chi connectivity index (χ0) is 13.5. The molecule has 0 bridgehead atoms. The molecule has 1 aliphatic heterocycles. The van der Waals surface area contributed by atoms with Gasteiger partial charge in [0.2, 0.25) is 0 Å². The number of rotatable bonds is 6. The van der Waals surface area contributed by atoms with Gasteiger partial charge >= 0.3 is 0 Å². The van der Waals surface area contributed by atoms with Gasteiger partial charge in [-0.2, -0.15) is 0 Å². The standard InChI is InChI=1S/C18H32O/c1-3-8-17-13-18(19-14-16(17)4-2)12-11-15-9-6-5-7-10-15/h5-6,15-18H,3-4,7-14H2,1-2H3. The molecule has 2 rings (SSSR count). The van der Waals surface area contributed by atoms with Crippen LogP contribution in [0.25, 0.3) is 0 Å². The van der Waals surface area contributed by atoms with Crippen molar-refractivity contribution in [3.63, 3.8) is 0 Å². The van der Waals surface area contributed by atoms with Crippen LogP contribution in [-0.4, -0.2) is 12.7 Å². The number of hydrogen-bond acceptors (Lipinski definition) is 1. The molecule has 2 aliphatic rings. The van der Waals surface area contributed by atoms with Gasteiger partial charge in [0.25, 0.3) is 0 Å². The van der Waals surface area contributed by atoms with Gasteiger partial charge in [-0.15, -0.1) is 0 Å². The Morgan fingerprint density at radius 2 is 1.95 bits per heavy atom. The molecule has 0 spiro atoms. The summed E-state index contributed by atoms with van der Waals surface area (Å²) in [4.78, 5) is 0. The van der Waals surface area contributed by atoms with Crippen molar-refractivity contribution in [2.45, 2.75) is 77.7 Å². The molecule has 4 unspecified atom stereocenters. The van der Waals surface area contributed by atoms with Crippen molar-refractivity contribution in [3.05, 3.63) is 12.2 Å². The molecule has 0 radical (unpaired) electrons. The summed E-state index contributed by atoms with van der Waals surface area (Å²) >= 11 is 0. The molecule has 0 aromatic carbocycles. The average Bonchev–Trinajstić information content (AvgIpc) is 2.47. The van der Waals surface area contributed by atoms with Crippen molar-refractivity contribution < 1.29 is 4.74 Å². The van der Waals surface area contributed by atoms with E-state index in [0.29, 0.717) is 6.10 Å². The van der Waals surface area contributed by atoms with Crippen LogP contribution in [0.2, 0.25) is 0 Å². The Kier molecular flexibility index (Phi) is 6.43. The van der Waals surface area contributed by atoms with E-state index in [-0.39, 0.29) is 0 Å². The zero-order valence-electron chi connectivity index (χ0n) is 12.9. The fourth-order valence-corrected chi connectivity index (χ4v) is 3.91. The molecule has 4 atom stereocenters. The highest BCUT2D eigenvalue weighted by Gasteiger charge is 2.29. The minimum absolute atomic E-state index is 0.560. The molecule has 0 aromatic rings. The second kappa shape index (κ2) is 8.09. The van der Waals surface area contributed by atoms with E-state index in [1.807, 2.05) is 0 Å². The second-order valence-electron chi connectivity index (χ2n) is 6.64. The fraction of sp³-hybridized carbons (Fsp3) is 0.889. The van der Waals surface area contributed by atoms with Gasteiger partial charge in [-0.25, -0.2) is 0 Å². The van der Waals surface area contributed by atoms with Crippen molar-refractivity contribution in [1.29, 1.82) is 0 Å². The maximum absolute atomic E-state index is 6.13. The van der Waals surface area contributed by atoms with Gasteiger partial charge in [-0.1, -0.05) is 45.3 Å². The van der Waals surface area contributed by atoms with Gasteiger partial charge < -0.3 is 4.74 Å². The fourth-order valence-electron chi connectivity index (χ4n) is 3.91. The molecule has 0 amide bonds. The summed E-state index contributed by atoms with van der Waals surface area (Å²) in [5.41, 5.74) is 0. The molecule has 1 saturated heterocycles. The molecule has 1 heterocycles. The Bertz CT molecular complexity index is 271. The maximum Gasteiger partial charge on any atom is 0.0578 e. The number of hydrogen-bond donors (Lipinski definition) is 0. The Labute approximate surface area is 119 Å². The van der Waals surface area contributed by atoms with Gasteiger partial charge in [0.05, 0.1) is 12.7 Å². The van der Waals surface area contributed by atoms with E-state index in [1.54, 1.807) is 0 Å². The Morgan fingerprint density at radius 3 is 2.63 bits per heavy atom. The molecule has 1 nitrogen and oxygen atoms in total. The zero-order valence-corrected chi connectivity index (χ0v) is 12.9. The minimum Gasteiger partial charge on any atom is -0.378 e. The molecule has 1 aliphatic carbocycles. The van der Waals surface area contributed by atoms with Crippen LogP contribution in [-0.2, 0) is 4.74 Å². The lowest BCUT2D eigenvalue weighted by molar-refractivity contribution is -0.0552.